The zero-order valence-electron chi connectivity index (χ0n) is 12.1. The SMILES string of the molecule is CN(C)CCCOc1ccccc1-c1ccccc1.Cl. The fourth-order valence-corrected chi connectivity index (χ4v) is 2.01. The molecule has 0 aliphatic carbocycles. The molecule has 0 saturated heterocycles. The Kier molecular flexibility index (Phi) is 7.13. The van der Waals surface area contributed by atoms with Gasteiger partial charge in [-0.2, -0.15) is 0 Å². The van der Waals surface area contributed by atoms with Crippen LogP contribution in [0.25, 0.3) is 11.1 Å². The molecule has 0 atom stereocenters. The van der Waals surface area contributed by atoms with E-state index in [2.05, 4.69) is 55.4 Å². The summed E-state index contributed by atoms with van der Waals surface area (Å²) in [7, 11) is 4.16. The molecule has 0 aromatic heterocycles. The molecule has 0 bridgehead atoms. The van der Waals surface area contributed by atoms with Gasteiger partial charge in [0.25, 0.3) is 0 Å². The molecule has 0 spiro atoms. The molecule has 0 aliphatic rings. The van der Waals surface area contributed by atoms with E-state index >= 15 is 0 Å². The number of hydrogen-bond acceptors (Lipinski definition) is 2. The van der Waals surface area contributed by atoms with Gasteiger partial charge in [-0.15, -0.1) is 12.4 Å². The fraction of sp³-hybridized carbons (Fsp3) is 0.294. The van der Waals surface area contributed by atoms with Crippen molar-refractivity contribution in [1.82, 2.24) is 4.90 Å². The summed E-state index contributed by atoms with van der Waals surface area (Å²) in [6.45, 7) is 1.80. The van der Waals surface area contributed by atoms with Gasteiger partial charge in [-0.05, 0) is 32.1 Å². The van der Waals surface area contributed by atoms with Crippen molar-refractivity contribution in [1.29, 1.82) is 0 Å². The highest BCUT2D eigenvalue weighted by molar-refractivity contribution is 5.85. The van der Waals surface area contributed by atoms with E-state index in [9.17, 15) is 0 Å². The first-order valence-corrected chi connectivity index (χ1v) is 6.69. The topological polar surface area (TPSA) is 12.5 Å². The molecule has 2 aromatic carbocycles. The van der Waals surface area contributed by atoms with Gasteiger partial charge in [0.1, 0.15) is 5.75 Å². The van der Waals surface area contributed by atoms with Crippen LogP contribution in [0.2, 0.25) is 0 Å². The van der Waals surface area contributed by atoms with E-state index in [0.717, 1.165) is 30.9 Å². The molecule has 0 aliphatic heterocycles. The molecule has 108 valence electrons. The molecule has 2 nitrogen and oxygen atoms in total. The van der Waals surface area contributed by atoms with Gasteiger partial charge in [0.2, 0.25) is 0 Å². The summed E-state index contributed by atoms with van der Waals surface area (Å²) >= 11 is 0. The Labute approximate surface area is 127 Å². The third-order valence-electron chi connectivity index (χ3n) is 2.98. The van der Waals surface area contributed by atoms with Crippen LogP contribution in [-0.2, 0) is 0 Å². The third-order valence-corrected chi connectivity index (χ3v) is 2.98. The maximum atomic E-state index is 5.92. The number of hydrogen-bond donors (Lipinski definition) is 0. The van der Waals surface area contributed by atoms with Gasteiger partial charge in [0, 0.05) is 12.1 Å². The van der Waals surface area contributed by atoms with Crippen molar-refractivity contribution >= 4 is 12.4 Å². The van der Waals surface area contributed by atoms with E-state index in [0.29, 0.717) is 0 Å². The zero-order valence-corrected chi connectivity index (χ0v) is 12.9. The predicted octanol–water partition coefficient (Wildman–Crippen LogP) is 4.11. The average Bonchev–Trinajstić information content (AvgIpc) is 2.45. The molecule has 3 heteroatoms. The Morgan fingerprint density at radius 1 is 0.900 bits per heavy atom. The van der Waals surface area contributed by atoms with Gasteiger partial charge in [0.05, 0.1) is 6.61 Å². The molecule has 0 amide bonds. The van der Waals surface area contributed by atoms with Gasteiger partial charge < -0.3 is 9.64 Å². The molecule has 2 rings (SSSR count). The molecule has 0 fully saturated rings. The largest absolute Gasteiger partial charge is 0.493 e. The normalized spacial score (nSPS) is 10.2. The second-order valence-electron chi connectivity index (χ2n) is 4.87. The van der Waals surface area contributed by atoms with Crippen LogP contribution in [0, 0.1) is 0 Å². The minimum Gasteiger partial charge on any atom is -0.493 e. The van der Waals surface area contributed by atoms with Crippen LogP contribution in [0.5, 0.6) is 5.75 Å². The summed E-state index contributed by atoms with van der Waals surface area (Å²) in [4.78, 5) is 2.17. The molecular weight excluding hydrogens is 270 g/mol. The lowest BCUT2D eigenvalue weighted by molar-refractivity contribution is 0.282. The molecule has 0 saturated carbocycles. The quantitative estimate of drug-likeness (QED) is 0.743. The summed E-state index contributed by atoms with van der Waals surface area (Å²) in [6, 6.07) is 18.6. The van der Waals surface area contributed by atoms with Gasteiger partial charge in [0.15, 0.2) is 0 Å². The smallest absolute Gasteiger partial charge is 0.127 e. The van der Waals surface area contributed by atoms with E-state index < -0.39 is 0 Å². The molecule has 0 unspecified atom stereocenters. The fourth-order valence-electron chi connectivity index (χ4n) is 2.01. The van der Waals surface area contributed by atoms with Crippen molar-refractivity contribution in [3.05, 3.63) is 54.6 Å². The summed E-state index contributed by atoms with van der Waals surface area (Å²) < 4.78 is 5.92. The lowest BCUT2D eigenvalue weighted by Crippen LogP contribution is -2.15. The highest BCUT2D eigenvalue weighted by Gasteiger charge is 2.04. The van der Waals surface area contributed by atoms with Crippen LogP contribution in [0.1, 0.15) is 6.42 Å². The van der Waals surface area contributed by atoms with E-state index in [-0.39, 0.29) is 12.4 Å². The van der Waals surface area contributed by atoms with Crippen LogP contribution in [0.15, 0.2) is 54.6 Å². The maximum Gasteiger partial charge on any atom is 0.127 e. The van der Waals surface area contributed by atoms with Crippen LogP contribution in [0.3, 0.4) is 0 Å². The summed E-state index contributed by atoms with van der Waals surface area (Å²) in [6.07, 6.45) is 1.04. The van der Waals surface area contributed by atoms with Gasteiger partial charge in [-0.3, -0.25) is 0 Å². The monoisotopic (exact) mass is 291 g/mol. The van der Waals surface area contributed by atoms with Crippen LogP contribution in [0.4, 0.5) is 0 Å². The molecule has 20 heavy (non-hydrogen) atoms. The van der Waals surface area contributed by atoms with Crippen molar-refractivity contribution in [2.75, 3.05) is 27.2 Å². The van der Waals surface area contributed by atoms with Crippen LogP contribution >= 0.6 is 12.4 Å². The van der Waals surface area contributed by atoms with Gasteiger partial charge in [-0.25, -0.2) is 0 Å². The first-order valence-electron chi connectivity index (χ1n) is 6.69. The minimum absolute atomic E-state index is 0. The second-order valence-corrected chi connectivity index (χ2v) is 4.87. The van der Waals surface area contributed by atoms with Gasteiger partial charge in [-0.1, -0.05) is 48.5 Å². The standard InChI is InChI=1S/C17H21NO.ClH/c1-18(2)13-8-14-19-17-12-7-6-11-16(17)15-9-4-3-5-10-15;/h3-7,9-12H,8,13-14H2,1-2H3;1H. The number of ether oxygens (including phenoxy) is 1. The van der Waals surface area contributed by atoms with E-state index in [1.54, 1.807) is 0 Å². The average molecular weight is 292 g/mol. The van der Waals surface area contributed by atoms with Crippen molar-refractivity contribution in [3.63, 3.8) is 0 Å². The van der Waals surface area contributed by atoms with Crippen LogP contribution in [-0.4, -0.2) is 32.1 Å². The van der Waals surface area contributed by atoms with Crippen molar-refractivity contribution in [2.45, 2.75) is 6.42 Å². The Balaban J connectivity index is 0.00000200. The summed E-state index contributed by atoms with van der Waals surface area (Å²) in [5.41, 5.74) is 2.36. The van der Waals surface area contributed by atoms with E-state index in [1.807, 2.05) is 18.2 Å². The number of benzene rings is 2. The maximum absolute atomic E-state index is 5.92. The number of para-hydroxylation sites is 1. The highest BCUT2D eigenvalue weighted by atomic mass is 35.5. The van der Waals surface area contributed by atoms with E-state index in [1.165, 1.54) is 5.56 Å². The highest BCUT2D eigenvalue weighted by Crippen LogP contribution is 2.29. The van der Waals surface area contributed by atoms with E-state index in [4.69, 9.17) is 4.74 Å². The number of rotatable bonds is 6. The Bertz CT molecular complexity index is 499. The minimum atomic E-state index is 0. The first-order chi connectivity index (χ1) is 9.27. The summed E-state index contributed by atoms with van der Waals surface area (Å²) in [5, 5.41) is 0. The number of nitrogens with zero attached hydrogens (tertiary/aromatic N) is 1. The second kappa shape index (κ2) is 8.62. The van der Waals surface area contributed by atoms with Crippen LogP contribution < -0.4 is 4.74 Å². The summed E-state index contributed by atoms with van der Waals surface area (Å²) in [5.74, 6) is 0.965. The van der Waals surface area contributed by atoms with Crippen molar-refractivity contribution < 1.29 is 4.74 Å². The lowest BCUT2D eigenvalue weighted by Gasteiger charge is -2.13. The van der Waals surface area contributed by atoms with Crippen molar-refractivity contribution in [3.8, 4) is 16.9 Å². The molecule has 0 heterocycles. The Hall–Kier alpha value is -1.51. The Morgan fingerprint density at radius 3 is 2.25 bits per heavy atom. The molecular formula is C17H22ClNO. The lowest BCUT2D eigenvalue weighted by atomic mass is 10.1. The molecule has 0 N–H and O–H groups in total. The predicted molar refractivity (Wildman–Crippen MR) is 87.8 cm³/mol. The number of halogens is 1. The first kappa shape index (κ1) is 16.5. The van der Waals surface area contributed by atoms with Gasteiger partial charge >= 0.3 is 0 Å². The van der Waals surface area contributed by atoms with Crippen molar-refractivity contribution in [2.24, 2.45) is 0 Å². The third kappa shape index (κ3) is 4.87. The molecule has 2 aromatic rings. The Morgan fingerprint density at radius 2 is 1.55 bits per heavy atom. The molecule has 0 radical (unpaired) electrons. The zero-order chi connectivity index (χ0) is 13.5.